The summed E-state index contributed by atoms with van der Waals surface area (Å²) in [6.45, 7) is 9.39. The minimum atomic E-state index is 0.145. The van der Waals surface area contributed by atoms with Gasteiger partial charge in [-0.05, 0) is 97.6 Å². The van der Waals surface area contributed by atoms with Crippen molar-refractivity contribution in [2.75, 3.05) is 53.7 Å². The third-order valence-electron chi connectivity index (χ3n) is 8.76. The van der Waals surface area contributed by atoms with Crippen molar-refractivity contribution in [3.8, 4) is 0 Å². The van der Waals surface area contributed by atoms with E-state index in [1.807, 2.05) is 0 Å². The molecule has 1 unspecified atom stereocenters. The predicted octanol–water partition coefficient (Wildman–Crippen LogP) is 13.0. The van der Waals surface area contributed by atoms with E-state index in [1.165, 1.54) is 128 Å². The van der Waals surface area contributed by atoms with Crippen molar-refractivity contribution >= 4 is 0 Å². The van der Waals surface area contributed by atoms with Gasteiger partial charge in [-0.1, -0.05) is 140 Å². The second-order valence-corrected chi connectivity index (χ2v) is 13.9. The topological polar surface area (TPSA) is 30.9 Å². The number of allylic oxidation sites excluding steroid dienone is 8. The molecule has 48 heavy (non-hydrogen) atoms. The van der Waals surface area contributed by atoms with Crippen molar-refractivity contribution in [1.29, 1.82) is 0 Å². The van der Waals surface area contributed by atoms with Crippen LogP contribution in [0.25, 0.3) is 0 Å². The summed E-state index contributed by atoms with van der Waals surface area (Å²) in [6.07, 6.45) is 50.4. The van der Waals surface area contributed by atoms with Gasteiger partial charge in [0.25, 0.3) is 0 Å². The second kappa shape index (κ2) is 42.0. The molecule has 0 amide bonds. The number of rotatable bonds is 39. The zero-order chi connectivity index (χ0) is 34.9. The molecular formula is C44H83NO3. The van der Waals surface area contributed by atoms with Gasteiger partial charge in [0.1, 0.15) is 0 Å². The molecule has 0 rings (SSSR count). The Morgan fingerprint density at radius 1 is 0.438 bits per heavy atom. The van der Waals surface area contributed by atoms with Crippen LogP contribution in [0.4, 0.5) is 0 Å². The van der Waals surface area contributed by atoms with Crippen LogP contribution in [0, 0.1) is 0 Å². The lowest BCUT2D eigenvalue weighted by Gasteiger charge is -2.19. The Balaban J connectivity index is 3.84. The minimum absolute atomic E-state index is 0.145. The molecule has 1 atom stereocenters. The van der Waals surface area contributed by atoms with Crippen molar-refractivity contribution in [2.45, 2.75) is 180 Å². The van der Waals surface area contributed by atoms with E-state index in [9.17, 15) is 0 Å². The number of ether oxygens (including phenoxy) is 3. The predicted molar refractivity (Wildman–Crippen MR) is 213 cm³/mol. The van der Waals surface area contributed by atoms with E-state index >= 15 is 0 Å². The molecule has 4 nitrogen and oxygen atoms in total. The van der Waals surface area contributed by atoms with Crippen LogP contribution < -0.4 is 0 Å². The summed E-state index contributed by atoms with van der Waals surface area (Å²) in [7, 11) is 4.17. The fourth-order valence-corrected chi connectivity index (χ4v) is 5.53. The summed E-state index contributed by atoms with van der Waals surface area (Å²) in [6, 6.07) is 0. The summed E-state index contributed by atoms with van der Waals surface area (Å²) in [5.74, 6) is 0. The molecular weight excluding hydrogens is 590 g/mol. The summed E-state index contributed by atoms with van der Waals surface area (Å²) < 4.78 is 18.2. The summed E-state index contributed by atoms with van der Waals surface area (Å²) >= 11 is 0. The zero-order valence-corrected chi connectivity index (χ0v) is 32.8. The molecule has 0 heterocycles. The van der Waals surface area contributed by atoms with Crippen LogP contribution in [-0.4, -0.2) is 64.7 Å². The highest BCUT2D eigenvalue weighted by atomic mass is 16.5. The molecule has 0 spiro atoms. The molecule has 282 valence electrons. The van der Waals surface area contributed by atoms with Crippen molar-refractivity contribution in [3.05, 3.63) is 48.6 Å². The molecule has 4 heteroatoms. The van der Waals surface area contributed by atoms with E-state index < -0.39 is 0 Å². The third-order valence-corrected chi connectivity index (χ3v) is 8.76. The minimum Gasteiger partial charge on any atom is -0.380 e. The van der Waals surface area contributed by atoms with E-state index in [-0.39, 0.29) is 6.10 Å². The van der Waals surface area contributed by atoms with Crippen molar-refractivity contribution in [1.82, 2.24) is 4.90 Å². The smallest absolute Gasteiger partial charge is 0.0830 e. The monoisotopic (exact) mass is 674 g/mol. The Hall–Kier alpha value is -1.20. The molecule has 0 saturated heterocycles. The molecule has 0 aliphatic carbocycles. The van der Waals surface area contributed by atoms with E-state index in [4.69, 9.17) is 14.2 Å². The standard InChI is InChI=1S/C44H83NO3/c1-5-7-9-11-13-15-17-19-21-23-25-27-29-31-33-35-39-47-43-44(37-41-46-42-38-45(3)4)48-40-36-34-32-30-28-26-24-22-20-18-16-14-12-10-8-6-2/h13-16,19-22,44H,5-12,17-18,23-43H2,1-4H3. The summed E-state index contributed by atoms with van der Waals surface area (Å²) in [5, 5.41) is 0. The number of unbranched alkanes of at least 4 members (excludes halogenated alkanes) is 18. The van der Waals surface area contributed by atoms with Gasteiger partial charge in [0.05, 0.1) is 19.3 Å². The maximum absolute atomic E-state index is 6.28. The van der Waals surface area contributed by atoms with E-state index in [1.54, 1.807) is 0 Å². The molecule has 0 bridgehead atoms. The van der Waals surface area contributed by atoms with Crippen molar-refractivity contribution in [3.63, 3.8) is 0 Å². The van der Waals surface area contributed by atoms with Crippen molar-refractivity contribution < 1.29 is 14.2 Å². The summed E-state index contributed by atoms with van der Waals surface area (Å²) in [5.41, 5.74) is 0. The molecule has 0 aromatic carbocycles. The van der Waals surface area contributed by atoms with Crippen LogP contribution in [-0.2, 0) is 14.2 Å². The first-order chi connectivity index (χ1) is 23.7. The van der Waals surface area contributed by atoms with E-state index in [0.717, 1.165) is 65.1 Å². The lowest BCUT2D eigenvalue weighted by molar-refractivity contribution is -0.0354. The first kappa shape index (κ1) is 46.8. The van der Waals surface area contributed by atoms with Gasteiger partial charge in [-0.15, -0.1) is 0 Å². The Bertz CT molecular complexity index is 714. The molecule has 0 aromatic heterocycles. The highest BCUT2D eigenvalue weighted by molar-refractivity contribution is 4.93. The van der Waals surface area contributed by atoms with Crippen LogP contribution in [0.5, 0.6) is 0 Å². The van der Waals surface area contributed by atoms with Crippen LogP contribution in [0.1, 0.15) is 174 Å². The number of likely N-dealkylation sites (N-methyl/N-ethyl adjacent to an activating group) is 1. The molecule has 0 aliphatic heterocycles. The Kier molecular flexibility index (Phi) is 40.9. The van der Waals surface area contributed by atoms with Gasteiger partial charge in [-0.3, -0.25) is 0 Å². The third kappa shape index (κ3) is 41.0. The molecule has 0 radical (unpaired) electrons. The molecule has 0 aliphatic rings. The SMILES string of the molecule is CCCCCC=CCC=CCCCCCCCCOCC(CCOCCN(C)C)OCCCCCCCCC=CCC=CCCCCC. The highest BCUT2D eigenvalue weighted by Crippen LogP contribution is 2.11. The first-order valence-electron chi connectivity index (χ1n) is 20.7. The van der Waals surface area contributed by atoms with Crippen LogP contribution in [0.15, 0.2) is 48.6 Å². The van der Waals surface area contributed by atoms with Crippen LogP contribution in [0.3, 0.4) is 0 Å². The van der Waals surface area contributed by atoms with Gasteiger partial charge in [-0.25, -0.2) is 0 Å². The molecule has 0 aromatic rings. The normalized spacial score (nSPS) is 13.1. The Morgan fingerprint density at radius 2 is 0.875 bits per heavy atom. The fraction of sp³-hybridized carbons (Fsp3) is 0.818. The number of hydrogen-bond donors (Lipinski definition) is 0. The lowest BCUT2D eigenvalue weighted by atomic mass is 10.1. The Morgan fingerprint density at radius 3 is 1.35 bits per heavy atom. The number of hydrogen-bond acceptors (Lipinski definition) is 4. The largest absolute Gasteiger partial charge is 0.380 e. The maximum atomic E-state index is 6.28. The first-order valence-corrected chi connectivity index (χ1v) is 20.7. The maximum Gasteiger partial charge on any atom is 0.0830 e. The fourth-order valence-electron chi connectivity index (χ4n) is 5.53. The van der Waals surface area contributed by atoms with Crippen LogP contribution in [0.2, 0.25) is 0 Å². The summed E-state index contributed by atoms with van der Waals surface area (Å²) in [4.78, 5) is 2.16. The zero-order valence-electron chi connectivity index (χ0n) is 32.8. The van der Waals surface area contributed by atoms with Gasteiger partial charge in [0, 0.05) is 26.4 Å². The van der Waals surface area contributed by atoms with Gasteiger partial charge in [0.15, 0.2) is 0 Å². The average molecular weight is 674 g/mol. The quantitative estimate of drug-likeness (QED) is 0.0480. The molecule has 0 N–H and O–H groups in total. The highest BCUT2D eigenvalue weighted by Gasteiger charge is 2.10. The van der Waals surface area contributed by atoms with Crippen LogP contribution >= 0.6 is 0 Å². The second-order valence-electron chi connectivity index (χ2n) is 13.9. The molecule has 0 saturated carbocycles. The number of nitrogens with zero attached hydrogens (tertiary/aromatic N) is 1. The average Bonchev–Trinajstić information content (AvgIpc) is 3.08. The van der Waals surface area contributed by atoms with Gasteiger partial charge >= 0.3 is 0 Å². The van der Waals surface area contributed by atoms with Gasteiger partial charge in [-0.2, -0.15) is 0 Å². The van der Waals surface area contributed by atoms with Crippen molar-refractivity contribution in [2.24, 2.45) is 0 Å². The van der Waals surface area contributed by atoms with E-state index in [2.05, 4.69) is 81.5 Å². The lowest BCUT2D eigenvalue weighted by Crippen LogP contribution is -2.24. The van der Waals surface area contributed by atoms with E-state index in [0.29, 0.717) is 6.61 Å². The Labute approximate surface area is 301 Å². The molecule has 0 fully saturated rings. The van der Waals surface area contributed by atoms with Gasteiger partial charge in [0.2, 0.25) is 0 Å². The van der Waals surface area contributed by atoms with Gasteiger partial charge < -0.3 is 19.1 Å².